The lowest BCUT2D eigenvalue weighted by Crippen LogP contribution is -2.52. The number of sulfonamides is 1. The largest absolute Gasteiger partial charge is 0.495 e. The quantitative estimate of drug-likeness (QED) is 0.692. The Morgan fingerprint density at radius 2 is 2.13 bits per heavy atom. The van der Waals surface area contributed by atoms with Crippen LogP contribution in [0.1, 0.15) is 12.8 Å². The van der Waals surface area contributed by atoms with Crippen LogP contribution >= 0.6 is 28.3 Å². The van der Waals surface area contributed by atoms with Gasteiger partial charge in [-0.2, -0.15) is 0 Å². The van der Waals surface area contributed by atoms with Crippen molar-refractivity contribution in [3.8, 4) is 5.75 Å². The van der Waals surface area contributed by atoms with E-state index in [0.29, 0.717) is 16.8 Å². The standard InChI is InChI=1S/C14H21BrN2O4S.ClH/c1-20-10-14(6-3-7-16-14)9-17-22(18,19)13-8-11(15)4-5-12(13)21-2;/h4-5,8,16-17H,3,6-7,9-10H2,1-2H3;1H. The lowest BCUT2D eigenvalue weighted by Gasteiger charge is -2.29. The van der Waals surface area contributed by atoms with E-state index in [1.165, 1.54) is 13.2 Å². The van der Waals surface area contributed by atoms with E-state index in [9.17, 15) is 8.42 Å². The third-order valence-electron chi connectivity index (χ3n) is 3.77. The minimum atomic E-state index is -3.67. The second-order valence-corrected chi connectivity index (χ2v) is 8.01. The highest BCUT2D eigenvalue weighted by atomic mass is 79.9. The molecule has 1 aromatic rings. The van der Waals surface area contributed by atoms with Crippen molar-refractivity contribution in [2.75, 3.05) is 33.9 Å². The van der Waals surface area contributed by atoms with Gasteiger partial charge in [-0.15, -0.1) is 12.4 Å². The summed E-state index contributed by atoms with van der Waals surface area (Å²) in [4.78, 5) is 0.120. The van der Waals surface area contributed by atoms with E-state index in [-0.39, 0.29) is 29.4 Å². The van der Waals surface area contributed by atoms with Crippen molar-refractivity contribution >= 4 is 38.4 Å². The van der Waals surface area contributed by atoms with Crippen molar-refractivity contribution in [3.05, 3.63) is 22.7 Å². The number of rotatable bonds is 7. The van der Waals surface area contributed by atoms with Crippen LogP contribution in [0.3, 0.4) is 0 Å². The lowest BCUT2D eigenvalue weighted by atomic mass is 9.99. The van der Waals surface area contributed by atoms with Gasteiger partial charge in [0.15, 0.2) is 0 Å². The molecule has 2 rings (SSSR count). The smallest absolute Gasteiger partial charge is 0.244 e. The van der Waals surface area contributed by atoms with Gasteiger partial charge in [-0.1, -0.05) is 15.9 Å². The van der Waals surface area contributed by atoms with Gasteiger partial charge in [0, 0.05) is 18.1 Å². The third-order valence-corrected chi connectivity index (χ3v) is 5.68. The molecule has 23 heavy (non-hydrogen) atoms. The van der Waals surface area contributed by atoms with Gasteiger partial charge in [0.1, 0.15) is 10.6 Å². The first-order valence-electron chi connectivity index (χ1n) is 7.00. The van der Waals surface area contributed by atoms with Crippen molar-refractivity contribution in [1.29, 1.82) is 0 Å². The SMILES string of the molecule is COCC1(CNS(=O)(=O)c2cc(Br)ccc2OC)CCCN1.Cl. The van der Waals surface area contributed by atoms with Gasteiger partial charge in [0.25, 0.3) is 0 Å². The molecule has 6 nitrogen and oxygen atoms in total. The van der Waals surface area contributed by atoms with Gasteiger partial charge < -0.3 is 14.8 Å². The number of methoxy groups -OCH3 is 2. The van der Waals surface area contributed by atoms with Gasteiger partial charge in [0.05, 0.1) is 19.3 Å². The summed E-state index contributed by atoms with van der Waals surface area (Å²) in [6.07, 6.45) is 1.88. The predicted octanol–water partition coefficient (Wildman–Crippen LogP) is 1.93. The fourth-order valence-electron chi connectivity index (χ4n) is 2.64. The highest BCUT2D eigenvalue weighted by molar-refractivity contribution is 9.10. The summed E-state index contributed by atoms with van der Waals surface area (Å²) in [5.74, 6) is 0.316. The highest BCUT2D eigenvalue weighted by Gasteiger charge is 2.35. The number of halogens is 2. The van der Waals surface area contributed by atoms with Crippen molar-refractivity contribution in [3.63, 3.8) is 0 Å². The molecule has 0 aliphatic carbocycles. The van der Waals surface area contributed by atoms with Crippen LogP contribution in [0.2, 0.25) is 0 Å². The molecule has 1 aromatic carbocycles. The molecule has 0 bridgehead atoms. The Morgan fingerprint density at radius 3 is 2.70 bits per heavy atom. The van der Waals surface area contributed by atoms with Gasteiger partial charge >= 0.3 is 0 Å². The second kappa shape index (κ2) is 8.64. The van der Waals surface area contributed by atoms with Crippen LogP contribution in [-0.2, 0) is 14.8 Å². The van der Waals surface area contributed by atoms with Crippen LogP contribution in [0.4, 0.5) is 0 Å². The monoisotopic (exact) mass is 428 g/mol. The molecule has 1 atom stereocenters. The molecule has 132 valence electrons. The Morgan fingerprint density at radius 1 is 1.39 bits per heavy atom. The maximum atomic E-state index is 12.6. The van der Waals surface area contributed by atoms with E-state index in [1.807, 2.05) is 0 Å². The molecule has 1 aliphatic heterocycles. The van der Waals surface area contributed by atoms with Crippen molar-refractivity contribution in [2.45, 2.75) is 23.3 Å². The molecule has 2 N–H and O–H groups in total. The van der Waals surface area contributed by atoms with Crippen LogP contribution in [-0.4, -0.2) is 47.9 Å². The molecule has 9 heteroatoms. The van der Waals surface area contributed by atoms with Crippen LogP contribution in [0, 0.1) is 0 Å². The minimum absolute atomic E-state index is 0. The Bertz CT molecular complexity index is 621. The first kappa shape index (κ1) is 20.7. The second-order valence-electron chi connectivity index (χ2n) is 5.36. The maximum absolute atomic E-state index is 12.6. The molecule has 0 aromatic heterocycles. The molecule has 1 aliphatic rings. The topological polar surface area (TPSA) is 76.7 Å². The molecule has 0 spiro atoms. The van der Waals surface area contributed by atoms with Crippen LogP contribution in [0.15, 0.2) is 27.6 Å². The van der Waals surface area contributed by atoms with Gasteiger partial charge in [0.2, 0.25) is 10.0 Å². The maximum Gasteiger partial charge on any atom is 0.244 e. The molecular weight excluding hydrogens is 408 g/mol. The predicted molar refractivity (Wildman–Crippen MR) is 95.0 cm³/mol. The fourth-order valence-corrected chi connectivity index (χ4v) is 4.47. The van der Waals surface area contributed by atoms with Crippen LogP contribution in [0.25, 0.3) is 0 Å². The Kier molecular flexibility index (Phi) is 7.76. The van der Waals surface area contributed by atoms with Crippen LogP contribution in [0.5, 0.6) is 5.75 Å². The summed E-state index contributed by atoms with van der Waals surface area (Å²) >= 11 is 3.29. The number of benzene rings is 1. The lowest BCUT2D eigenvalue weighted by molar-refractivity contribution is 0.122. The molecule has 1 unspecified atom stereocenters. The number of nitrogens with one attached hydrogen (secondary N) is 2. The van der Waals surface area contributed by atoms with E-state index in [0.717, 1.165) is 19.4 Å². The van der Waals surface area contributed by atoms with Crippen molar-refractivity contribution in [2.24, 2.45) is 0 Å². The molecule has 1 fully saturated rings. The van der Waals surface area contributed by atoms with E-state index in [1.54, 1.807) is 19.2 Å². The first-order valence-corrected chi connectivity index (χ1v) is 9.27. The number of hydrogen-bond acceptors (Lipinski definition) is 5. The van der Waals surface area contributed by atoms with Crippen LogP contribution < -0.4 is 14.8 Å². The van der Waals surface area contributed by atoms with Gasteiger partial charge in [-0.05, 0) is 37.6 Å². The third kappa shape index (κ3) is 5.04. The Balaban J connectivity index is 0.00000264. The average Bonchev–Trinajstić information content (AvgIpc) is 2.95. The fraction of sp³-hybridized carbons (Fsp3) is 0.571. The van der Waals surface area contributed by atoms with Crippen molar-refractivity contribution in [1.82, 2.24) is 10.0 Å². The van der Waals surface area contributed by atoms with Crippen molar-refractivity contribution < 1.29 is 17.9 Å². The average molecular weight is 430 g/mol. The first-order chi connectivity index (χ1) is 10.4. The highest BCUT2D eigenvalue weighted by Crippen LogP contribution is 2.28. The zero-order valence-electron chi connectivity index (χ0n) is 13.1. The summed E-state index contributed by atoms with van der Waals surface area (Å²) in [6.45, 7) is 1.61. The summed E-state index contributed by atoms with van der Waals surface area (Å²) in [5, 5.41) is 3.34. The number of ether oxygens (including phenoxy) is 2. The zero-order valence-corrected chi connectivity index (χ0v) is 16.3. The molecule has 1 heterocycles. The zero-order chi connectivity index (χ0) is 16.2. The molecule has 0 saturated carbocycles. The summed E-state index contributed by atoms with van der Waals surface area (Å²) in [5.41, 5.74) is -0.346. The Hall–Kier alpha value is -0.380. The normalized spacial score (nSPS) is 21.0. The molecule has 1 saturated heterocycles. The molecule has 0 amide bonds. The van der Waals surface area contributed by atoms with E-state index >= 15 is 0 Å². The molecular formula is C14H22BrClN2O4S. The van der Waals surface area contributed by atoms with Gasteiger partial charge in [-0.3, -0.25) is 0 Å². The van der Waals surface area contributed by atoms with E-state index in [4.69, 9.17) is 9.47 Å². The Labute approximate surface area is 151 Å². The summed E-state index contributed by atoms with van der Waals surface area (Å²) in [6, 6.07) is 4.90. The summed E-state index contributed by atoms with van der Waals surface area (Å²) < 4.78 is 38.9. The summed E-state index contributed by atoms with van der Waals surface area (Å²) in [7, 11) is -0.600. The minimum Gasteiger partial charge on any atom is -0.495 e. The van der Waals surface area contributed by atoms with E-state index in [2.05, 4.69) is 26.0 Å². The molecule has 0 radical (unpaired) electrons. The number of hydrogen-bond donors (Lipinski definition) is 2. The van der Waals surface area contributed by atoms with Gasteiger partial charge in [-0.25, -0.2) is 13.1 Å². The van der Waals surface area contributed by atoms with E-state index < -0.39 is 10.0 Å².